The molecule has 2 heterocycles. The van der Waals surface area contributed by atoms with E-state index in [1.807, 2.05) is 6.08 Å². The molecule has 0 saturated carbocycles. The van der Waals surface area contributed by atoms with Crippen LogP contribution in [-0.4, -0.2) is 43.7 Å². The van der Waals surface area contributed by atoms with Crippen molar-refractivity contribution < 1.29 is 14.3 Å². The highest BCUT2D eigenvalue weighted by molar-refractivity contribution is 5.72. The Labute approximate surface area is 70.7 Å². The lowest BCUT2D eigenvalue weighted by molar-refractivity contribution is -0.117. The van der Waals surface area contributed by atoms with Crippen LogP contribution in [0.3, 0.4) is 0 Å². The topological polar surface area (TPSA) is 38.8 Å². The smallest absolute Gasteiger partial charge is 0.184 e. The lowest BCUT2D eigenvalue weighted by atomic mass is 10.3. The van der Waals surface area contributed by atoms with Gasteiger partial charge in [0.25, 0.3) is 0 Å². The van der Waals surface area contributed by atoms with Crippen LogP contribution in [-0.2, 0) is 14.3 Å². The van der Waals surface area contributed by atoms with Gasteiger partial charge in [-0.15, -0.1) is 0 Å². The van der Waals surface area contributed by atoms with Crippen molar-refractivity contribution in [1.29, 1.82) is 0 Å². The molecular formula is C8H11NO3. The molecule has 0 radical (unpaired) electrons. The predicted molar refractivity (Wildman–Crippen MR) is 41.4 cm³/mol. The zero-order valence-corrected chi connectivity index (χ0v) is 6.73. The van der Waals surface area contributed by atoms with Gasteiger partial charge >= 0.3 is 0 Å². The number of rotatable bonds is 2. The molecule has 0 bridgehead atoms. The van der Waals surface area contributed by atoms with E-state index in [9.17, 15) is 4.79 Å². The molecule has 2 rings (SSSR count). The van der Waals surface area contributed by atoms with Crippen molar-refractivity contribution in [2.24, 2.45) is 0 Å². The maximum absolute atomic E-state index is 10.2. The molecule has 4 heteroatoms. The number of ether oxygens (including phenoxy) is 2. The van der Waals surface area contributed by atoms with E-state index in [4.69, 9.17) is 9.47 Å². The third-order valence-electron chi connectivity index (χ3n) is 2.09. The lowest BCUT2D eigenvalue weighted by Gasteiger charge is -2.36. The largest absolute Gasteiger partial charge is 0.468 e. The second-order valence-electron chi connectivity index (χ2n) is 2.84. The zero-order valence-electron chi connectivity index (χ0n) is 6.73. The van der Waals surface area contributed by atoms with Gasteiger partial charge in [0.15, 0.2) is 18.3 Å². The second-order valence-corrected chi connectivity index (χ2v) is 2.84. The van der Waals surface area contributed by atoms with Crippen LogP contribution < -0.4 is 0 Å². The fourth-order valence-corrected chi connectivity index (χ4v) is 1.36. The molecule has 0 spiro atoms. The van der Waals surface area contributed by atoms with Crippen LogP contribution in [0.1, 0.15) is 0 Å². The number of hydrogen-bond acceptors (Lipinski definition) is 4. The second kappa shape index (κ2) is 3.25. The summed E-state index contributed by atoms with van der Waals surface area (Å²) in [7, 11) is 0. The van der Waals surface area contributed by atoms with Gasteiger partial charge < -0.3 is 9.47 Å². The van der Waals surface area contributed by atoms with Crippen molar-refractivity contribution in [3.05, 3.63) is 11.8 Å². The summed E-state index contributed by atoms with van der Waals surface area (Å²) in [4.78, 5) is 12.3. The summed E-state index contributed by atoms with van der Waals surface area (Å²) in [5.74, 6) is 0.450. The van der Waals surface area contributed by atoms with Crippen LogP contribution in [0.15, 0.2) is 11.8 Å². The van der Waals surface area contributed by atoms with Gasteiger partial charge in [-0.05, 0) is 0 Å². The van der Waals surface area contributed by atoms with Gasteiger partial charge in [0.05, 0.1) is 13.2 Å². The first-order chi connectivity index (χ1) is 5.90. The summed E-state index contributed by atoms with van der Waals surface area (Å²) in [6.07, 6.45) is 2.57. The number of hydrogen-bond donors (Lipinski definition) is 0. The third kappa shape index (κ3) is 1.35. The maximum atomic E-state index is 10.2. The van der Waals surface area contributed by atoms with Crippen molar-refractivity contribution >= 4 is 6.29 Å². The molecule has 0 aliphatic carbocycles. The molecule has 0 N–H and O–H groups in total. The van der Waals surface area contributed by atoms with E-state index in [1.165, 1.54) is 0 Å². The number of aldehydes is 1. The fraction of sp³-hybridized carbons (Fsp3) is 0.625. The average molecular weight is 169 g/mol. The molecule has 12 heavy (non-hydrogen) atoms. The fourth-order valence-electron chi connectivity index (χ4n) is 1.36. The molecule has 2 aliphatic heterocycles. The first-order valence-corrected chi connectivity index (χ1v) is 4.05. The van der Waals surface area contributed by atoms with Gasteiger partial charge in [0, 0.05) is 19.2 Å². The molecule has 1 fully saturated rings. The van der Waals surface area contributed by atoms with Crippen molar-refractivity contribution in [2.75, 3.05) is 26.3 Å². The number of carbonyl (C=O) groups is 1. The predicted octanol–water partition coefficient (Wildman–Crippen LogP) is -0.242. The number of allylic oxidation sites excluding steroid dienone is 1. The quantitative estimate of drug-likeness (QED) is 0.535. The van der Waals surface area contributed by atoms with Gasteiger partial charge in [-0.2, -0.15) is 0 Å². The van der Waals surface area contributed by atoms with Gasteiger partial charge in [0.1, 0.15) is 0 Å². The SMILES string of the molecule is O=CC1=CC(N2CCOCC2)O1. The Bertz CT molecular complexity index is 208. The highest BCUT2D eigenvalue weighted by Crippen LogP contribution is 2.19. The Morgan fingerprint density at radius 3 is 2.75 bits per heavy atom. The van der Waals surface area contributed by atoms with E-state index in [1.54, 1.807) is 0 Å². The normalized spacial score (nSPS) is 30.0. The molecule has 2 aliphatic rings. The minimum absolute atomic E-state index is 0.00843. The van der Waals surface area contributed by atoms with E-state index < -0.39 is 0 Å². The van der Waals surface area contributed by atoms with Crippen LogP contribution in [0.4, 0.5) is 0 Å². The first-order valence-electron chi connectivity index (χ1n) is 4.05. The summed E-state index contributed by atoms with van der Waals surface area (Å²) in [6, 6.07) is 0. The molecule has 0 aromatic heterocycles. The Morgan fingerprint density at radius 1 is 1.50 bits per heavy atom. The summed E-state index contributed by atoms with van der Waals surface area (Å²) in [5.41, 5.74) is 0. The number of nitrogens with zero attached hydrogens (tertiary/aromatic N) is 1. The molecule has 0 aromatic rings. The maximum Gasteiger partial charge on any atom is 0.184 e. The molecular weight excluding hydrogens is 158 g/mol. The van der Waals surface area contributed by atoms with Crippen molar-refractivity contribution in [2.45, 2.75) is 6.23 Å². The zero-order chi connectivity index (χ0) is 8.39. The average Bonchev–Trinajstić information content (AvgIpc) is 2.04. The Hall–Kier alpha value is -0.870. The highest BCUT2D eigenvalue weighted by atomic mass is 16.5. The van der Waals surface area contributed by atoms with Gasteiger partial charge in [-0.25, -0.2) is 0 Å². The summed E-state index contributed by atoms with van der Waals surface area (Å²) < 4.78 is 10.4. The van der Waals surface area contributed by atoms with E-state index in [2.05, 4.69) is 4.90 Å². The standard InChI is InChI=1S/C8H11NO3/c10-6-7-5-8(12-7)9-1-3-11-4-2-9/h5-6,8H,1-4H2. The van der Waals surface area contributed by atoms with E-state index in [0.29, 0.717) is 5.76 Å². The summed E-state index contributed by atoms with van der Waals surface area (Å²) in [6.45, 7) is 3.27. The molecule has 1 atom stereocenters. The minimum atomic E-state index is 0.00843. The lowest BCUT2D eigenvalue weighted by Crippen LogP contribution is -2.47. The van der Waals surface area contributed by atoms with Crippen molar-refractivity contribution in [1.82, 2.24) is 4.90 Å². The molecule has 4 nitrogen and oxygen atoms in total. The van der Waals surface area contributed by atoms with Crippen LogP contribution in [0, 0.1) is 0 Å². The van der Waals surface area contributed by atoms with Gasteiger partial charge in [-0.3, -0.25) is 9.69 Å². The van der Waals surface area contributed by atoms with Gasteiger partial charge in [-0.1, -0.05) is 0 Å². The van der Waals surface area contributed by atoms with Crippen LogP contribution in [0.2, 0.25) is 0 Å². The molecule has 66 valence electrons. The monoisotopic (exact) mass is 169 g/mol. The number of morpholine rings is 1. The Morgan fingerprint density at radius 2 is 2.17 bits per heavy atom. The van der Waals surface area contributed by atoms with Crippen LogP contribution in [0.5, 0.6) is 0 Å². The Kier molecular flexibility index (Phi) is 2.10. The van der Waals surface area contributed by atoms with Crippen molar-refractivity contribution in [3.63, 3.8) is 0 Å². The molecule has 0 amide bonds. The van der Waals surface area contributed by atoms with Crippen LogP contribution >= 0.6 is 0 Å². The van der Waals surface area contributed by atoms with E-state index in [-0.39, 0.29) is 6.23 Å². The summed E-state index contributed by atoms with van der Waals surface area (Å²) in [5, 5.41) is 0. The molecule has 1 saturated heterocycles. The summed E-state index contributed by atoms with van der Waals surface area (Å²) >= 11 is 0. The van der Waals surface area contributed by atoms with Crippen LogP contribution in [0.25, 0.3) is 0 Å². The Balaban J connectivity index is 1.86. The third-order valence-corrected chi connectivity index (χ3v) is 2.09. The van der Waals surface area contributed by atoms with Gasteiger partial charge in [0.2, 0.25) is 0 Å². The number of carbonyl (C=O) groups excluding carboxylic acids is 1. The molecule has 1 unspecified atom stereocenters. The minimum Gasteiger partial charge on any atom is -0.468 e. The highest BCUT2D eigenvalue weighted by Gasteiger charge is 2.27. The first kappa shape index (κ1) is 7.76. The van der Waals surface area contributed by atoms with E-state index >= 15 is 0 Å². The molecule has 0 aromatic carbocycles. The van der Waals surface area contributed by atoms with E-state index in [0.717, 1.165) is 32.6 Å². The van der Waals surface area contributed by atoms with Crippen molar-refractivity contribution in [3.8, 4) is 0 Å².